The molecule has 2 rings (SSSR count). The van der Waals surface area contributed by atoms with Crippen LogP contribution in [-0.2, 0) is 4.74 Å². The van der Waals surface area contributed by atoms with Gasteiger partial charge in [0, 0.05) is 0 Å². The Bertz CT molecular complexity index is 678. The Morgan fingerprint density at radius 1 is 1.00 bits per heavy atom. The van der Waals surface area contributed by atoms with Crippen LogP contribution in [0.15, 0.2) is 48.5 Å². The third-order valence-corrected chi connectivity index (χ3v) is 3.01. The van der Waals surface area contributed by atoms with Crippen LogP contribution in [0, 0.1) is 0 Å². The molecule has 0 radical (unpaired) electrons. The van der Waals surface area contributed by atoms with E-state index in [-0.39, 0.29) is 18.8 Å². The second-order valence-electron chi connectivity index (χ2n) is 4.51. The molecule has 6 heteroatoms. The Balaban J connectivity index is 1.81. The molecule has 1 N–H and O–H groups in total. The lowest BCUT2D eigenvalue weighted by Gasteiger charge is -2.09. The molecule has 6 nitrogen and oxygen atoms in total. The highest BCUT2D eigenvalue weighted by Crippen LogP contribution is 2.18. The molecule has 0 spiro atoms. The maximum atomic E-state index is 11.9. The number of carbonyl (C=O) groups excluding carboxylic acids is 1. The van der Waals surface area contributed by atoms with Crippen molar-refractivity contribution in [2.24, 2.45) is 0 Å². The van der Waals surface area contributed by atoms with Crippen molar-refractivity contribution >= 4 is 11.9 Å². The van der Waals surface area contributed by atoms with Gasteiger partial charge in [-0.2, -0.15) is 0 Å². The fraction of sp³-hybridized carbons (Fsp3) is 0.176. The molecule has 0 heterocycles. The van der Waals surface area contributed by atoms with Gasteiger partial charge in [0.1, 0.15) is 30.3 Å². The van der Waals surface area contributed by atoms with Crippen LogP contribution in [0.4, 0.5) is 0 Å². The second-order valence-corrected chi connectivity index (χ2v) is 4.51. The number of carboxylic acid groups (broad SMARTS) is 1. The first-order chi connectivity index (χ1) is 11.1. The van der Waals surface area contributed by atoms with E-state index in [0.29, 0.717) is 17.1 Å². The number of carbonyl (C=O) groups is 2. The highest BCUT2D eigenvalue weighted by molar-refractivity contribution is 5.92. The smallest absolute Gasteiger partial charge is 0.342 e. The van der Waals surface area contributed by atoms with E-state index in [4.69, 9.17) is 19.3 Å². The third-order valence-electron chi connectivity index (χ3n) is 3.01. The molecule has 0 aliphatic rings. The molecule has 0 saturated carbocycles. The summed E-state index contributed by atoms with van der Waals surface area (Å²) in [6.07, 6.45) is 0. The molecule has 2 aromatic rings. The van der Waals surface area contributed by atoms with Crippen molar-refractivity contribution in [3.05, 3.63) is 59.7 Å². The van der Waals surface area contributed by atoms with Gasteiger partial charge < -0.3 is 19.3 Å². The van der Waals surface area contributed by atoms with Crippen LogP contribution in [0.1, 0.15) is 20.7 Å². The summed E-state index contributed by atoms with van der Waals surface area (Å²) in [6, 6.07) is 12.8. The summed E-state index contributed by atoms with van der Waals surface area (Å²) in [5, 5.41) is 8.79. The fourth-order valence-electron chi connectivity index (χ4n) is 1.88. The molecule has 0 fully saturated rings. The molecular weight excluding hydrogens is 300 g/mol. The van der Waals surface area contributed by atoms with E-state index >= 15 is 0 Å². The van der Waals surface area contributed by atoms with E-state index in [9.17, 15) is 9.59 Å². The van der Waals surface area contributed by atoms with Crippen molar-refractivity contribution < 1.29 is 28.9 Å². The summed E-state index contributed by atoms with van der Waals surface area (Å²) in [7, 11) is 1.48. The van der Waals surface area contributed by atoms with Crippen molar-refractivity contribution in [1.82, 2.24) is 0 Å². The maximum Gasteiger partial charge on any atom is 0.342 e. The molecule has 23 heavy (non-hydrogen) atoms. The first-order valence-corrected chi connectivity index (χ1v) is 6.88. The Hall–Kier alpha value is -3.02. The van der Waals surface area contributed by atoms with Crippen LogP contribution in [0.2, 0.25) is 0 Å². The van der Waals surface area contributed by atoms with Crippen LogP contribution < -0.4 is 9.47 Å². The molecule has 0 bridgehead atoms. The summed E-state index contributed by atoms with van der Waals surface area (Å²) < 4.78 is 15.6. The third kappa shape index (κ3) is 4.47. The zero-order valence-electron chi connectivity index (χ0n) is 12.5. The van der Waals surface area contributed by atoms with Gasteiger partial charge in [-0.05, 0) is 36.4 Å². The lowest BCUT2D eigenvalue weighted by atomic mass is 10.2. The minimum absolute atomic E-state index is 0.0670. The Morgan fingerprint density at radius 3 is 2.35 bits per heavy atom. The summed E-state index contributed by atoms with van der Waals surface area (Å²) >= 11 is 0. The van der Waals surface area contributed by atoms with E-state index in [1.807, 2.05) is 0 Å². The summed E-state index contributed by atoms with van der Waals surface area (Å²) in [5.41, 5.74) is 0.528. The van der Waals surface area contributed by atoms with E-state index < -0.39 is 11.9 Å². The number of carboxylic acids is 1. The predicted octanol–water partition coefficient (Wildman–Crippen LogP) is 2.63. The minimum atomic E-state index is -0.998. The van der Waals surface area contributed by atoms with Crippen LogP contribution in [0.3, 0.4) is 0 Å². The summed E-state index contributed by atoms with van der Waals surface area (Å²) in [5.74, 6) is -0.541. The average Bonchev–Trinajstić information content (AvgIpc) is 2.58. The molecule has 0 aromatic heterocycles. The van der Waals surface area contributed by atoms with Crippen LogP contribution in [0.25, 0.3) is 0 Å². The predicted molar refractivity (Wildman–Crippen MR) is 82.2 cm³/mol. The van der Waals surface area contributed by atoms with Gasteiger partial charge in [-0.25, -0.2) is 9.59 Å². The van der Waals surface area contributed by atoms with Gasteiger partial charge in [-0.1, -0.05) is 12.1 Å². The number of benzene rings is 2. The van der Waals surface area contributed by atoms with Crippen molar-refractivity contribution in [1.29, 1.82) is 0 Å². The number of aromatic carboxylic acids is 1. The monoisotopic (exact) mass is 316 g/mol. The fourth-order valence-corrected chi connectivity index (χ4v) is 1.88. The molecule has 0 aliphatic heterocycles. The van der Waals surface area contributed by atoms with E-state index in [1.54, 1.807) is 36.4 Å². The molecule has 2 aromatic carbocycles. The van der Waals surface area contributed by atoms with Crippen LogP contribution >= 0.6 is 0 Å². The van der Waals surface area contributed by atoms with Crippen molar-refractivity contribution in [2.75, 3.05) is 20.3 Å². The molecular formula is C17H16O6. The first kappa shape index (κ1) is 16.4. The quantitative estimate of drug-likeness (QED) is 0.624. The number of ether oxygens (including phenoxy) is 3. The number of hydrogen-bond donors (Lipinski definition) is 1. The number of methoxy groups -OCH3 is 1. The molecule has 0 aliphatic carbocycles. The van der Waals surface area contributed by atoms with Crippen molar-refractivity contribution in [3.63, 3.8) is 0 Å². The normalized spacial score (nSPS) is 9.96. The number of para-hydroxylation sites is 1. The number of hydrogen-bond acceptors (Lipinski definition) is 5. The topological polar surface area (TPSA) is 82.1 Å². The van der Waals surface area contributed by atoms with E-state index in [2.05, 4.69) is 0 Å². The van der Waals surface area contributed by atoms with Crippen LogP contribution in [-0.4, -0.2) is 37.4 Å². The van der Waals surface area contributed by atoms with Gasteiger partial charge in [0.05, 0.1) is 12.7 Å². The minimum Gasteiger partial charge on any atom is -0.496 e. The number of rotatable bonds is 7. The molecule has 0 atom stereocenters. The van der Waals surface area contributed by atoms with Gasteiger partial charge in [-0.3, -0.25) is 0 Å². The number of esters is 1. The average molecular weight is 316 g/mol. The van der Waals surface area contributed by atoms with Crippen LogP contribution in [0.5, 0.6) is 11.5 Å². The zero-order valence-corrected chi connectivity index (χ0v) is 12.5. The molecule has 0 unspecified atom stereocenters. The van der Waals surface area contributed by atoms with Gasteiger partial charge in [-0.15, -0.1) is 0 Å². The SMILES string of the molecule is COc1ccccc1C(=O)OCCOc1ccc(C(=O)O)cc1. The molecule has 0 amide bonds. The summed E-state index contributed by atoms with van der Waals surface area (Å²) in [4.78, 5) is 22.7. The van der Waals surface area contributed by atoms with Crippen molar-refractivity contribution in [2.45, 2.75) is 0 Å². The van der Waals surface area contributed by atoms with E-state index in [1.165, 1.54) is 19.2 Å². The Labute approximate surface area is 133 Å². The van der Waals surface area contributed by atoms with Gasteiger partial charge >= 0.3 is 11.9 Å². The van der Waals surface area contributed by atoms with Gasteiger partial charge in [0.25, 0.3) is 0 Å². The Morgan fingerprint density at radius 2 is 1.70 bits per heavy atom. The standard InChI is InChI=1S/C17H16O6/c1-21-15-5-3-2-4-14(15)17(20)23-11-10-22-13-8-6-12(7-9-13)16(18)19/h2-9H,10-11H2,1H3,(H,18,19). The lowest BCUT2D eigenvalue weighted by molar-refractivity contribution is 0.0446. The highest BCUT2D eigenvalue weighted by Gasteiger charge is 2.12. The zero-order chi connectivity index (χ0) is 16.7. The highest BCUT2D eigenvalue weighted by atomic mass is 16.6. The largest absolute Gasteiger partial charge is 0.496 e. The van der Waals surface area contributed by atoms with E-state index in [0.717, 1.165) is 0 Å². The van der Waals surface area contributed by atoms with Gasteiger partial charge in [0.15, 0.2) is 0 Å². The first-order valence-electron chi connectivity index (χ1n) is 6.88. The summed E-state index contributed by atoms with van der Waals surface area (Å²) in [6.45, 7) is 0.227. The Kier molecular flexibility index (Phi) is 5.57. The maximum absolute atomic E-state index is 11.9. The van der Waals surface area contributed by atoms with Crippen molar-refractivity contribution in [3.8, 4) is 11.5 Å². The molecule has 120 valence electrons. The van der Waals surface area contributed by atoms with Gasteiger partial charge in [0.2, 0.25) is 0 Å². The molecule has 0 saturated heterocycles. The second kappa shape index (κ2) is 7.84. The lowest BCUT2D eigenvalue weighted by Crippen LogP contribution is -2.13.